The number of nitrogens with one attached hydrogen (secondary N) is 1. The first-order valence-electron chi connectivity index (χ1n) is 6.63. The smallest absolute Gasteiger partial charge is 0.265 e. The summed E-state index contributed by atoms with van der Waals surface area (Å²) in [6.07, 6.45) is 0.901. The van der Waals surface area contributed by atoms with Crippen molar-refractivity contribution >= 4 is 34.1 Å². The van der Waals surface area contributed by atoms with E-state index in [9.17, 15) is 9.59 Å². The number of nitrogens with zero attached hydrogens (tertiary/aromatic N) is 3. The molecular weight excluding hydrogens is 292 g/mol. The summed E-state index contributed by atoms with van der Waals surface area (Å²) >= 11 is 1.22. The van der Waals surface area contributed by atoms with Crippen LogP contribution in [0.4, 0.5) is 10.9 Å². The normalized spacial score (nSPS) is 17.9. The van der Waals surface area contributed by atoms with Crippen molar-refractivity contribution in [3.8, 4) is 0 Å². The van der Waals surface area contributed by atoms with Crippen LogP contribution >= 0.6 is 11.3 Å². The third-order valence-electron chi connectivity index (χ3n) is 3.24. The number of anilines is 2. The van der Waals surface area contributed by atoms with Crippen LogP contribution < -0.4 is 21.7 Å². The molecule has 116 valence electrons. The minimum atomic E-state index is -0.380. The molecule has 1 aromatic rings. The second-order valence-electron chi connectivity index (χ2n) is 5.18. The van der Waals surface area contributed by atoms with Crippen molar-refractivity contribution in [1.82, 2.24) is 15.2 Å². The topological polar surface area (TPSA) is 118 Å². The first kappa shape index (κ1) is 15.5. The number of hydrogen-bond donors (Lipinski definition) is 3. The summed E-state index contributed by atoms with van der Waals surface area (Å²) in [7, 11) is 3.26. The molecule has 1 saturated heterocycles. The van der Waals surface area contributed by atoms with Crippen LogP contribution in [0.1, 0.15) is 16.1 Å². The summed E-state index contributed by atoms with van der Waals surface area (Å²) in [5.74, 6) is -0.377. The van der Waals surface area contributed by atoms with Gasteiger partial charge in [-0.3, -0.25) is 9.59 Å². The van der Waals surface area contributed by atoms with Gasteiger partial charge in [0.1, 0.15) is 10.7 Å². The van der Waals surface area contributed by atoms with E-state index >= 15 is 0 Å². The molecule has 0 radical (unpaired) electrons. The van der Waals surface area contributed by atoms with Gasteiger partial charge in [-0.2, -0.15) is 0 Å². The number of amides is 2. The zero-order valence-corrected chi connectivity index (χ0v) is 12.9. The molecule has 2 rings (SSSR count). The second-order valence-corrected chi connectivity index (χ2v) is 6.15. The number of nitrogen functional groups attached to an aromatic ring is 1. The zero-order valence-electron chi connectivity index (χ0n) is 12.1. The number of thiazole rings is 1. The van der Waals surface area contributed by atoms with Gasteiger partial charge in [0.05, 0.1) is 6.54 Å². The van der Waals surface area contributed by atoms with Gasteiger partial charge in [-0.1, -0.05) is 11.3 Å². The van der Waals surface area contributed by atoms with Gasteiger partial charge >= 0.3 is 0 Å². The number of rotatable bonds is 4. The van der Waals surface area contributed by atoms with Crippen LogP contribution in [0.25, 0.3) is 0 Å². The minimum absolute atomic E-state index is 0.0624. The molecule has 1 atom stereocenters. The van der Waals surface area contributed by atoms with E-state index in [2.05, 4.69) is 10.3 Å². The molecule has 2 amide bonds. The number of nitrogens with two attached hydrogens (primary N) is 2. The lowest BCUT2D eigenvalue weighted by molar-refractivity contribution is -0.127. The summed E-state index contributed by atoms with van der Waals surface area (Å²) in [5, 5.41) is 3.25. The van der Waals surface area contributed by atoms with Crippen LogP contribution in [-0.2, 0) is 4.79 Å². The fraction of sp³-hybridized carbons (Fsp3) is 0.583. The number of carbonyl (C=O) groups excluding carboxylic acids is 2. The van der Waals surface area contributed by atoms with E-state index in [1.54, 1.807) is 14.1 Å². The predicted octanol–water partition coefficient (Wildman–Crippen LogP) is -0.919. The Bertz CT molecular complexity index is 544. The van der Waals surface area contributed by atoms with E-state index in [4.69, 9.17) is 11.5 Å². The maximum Gasteiger partial charge on any atom is 0.265 e. The Balaban J connectivity index is 2.01. The Hall–Kier alpha value is -1.87. The lowest BCUT2D eigenvalue weighted by Crippen LogP contribution is -2.36. The summed E-state index contributed by atoms with van der Waals surface area (Å²) in [6, 6.07) is 0.130. The third kappa shape index (κ3) is 3.61. The molecule has 0 aliphatic carbocycles. The van der Waals surface area contributed by atoms with Gasteiger partial charge in [-0.05, 0) is 6.42 Å². The maximum atomic E-state index is 12.1. The molecule has 0 aromatic carbocycles. The van der Waals surface area contributed by atoms with Crippen molar-refractivity contribution < 1.29 is 9.59 Å². The average molecular weight is 312 g/mol. The van der Waals surface area contributed by atoms with Crippen molar-refractivity contribution in [3.63, 3.8) is 0 Å². The highest BCUT2D eigenvalue weighted by atomic mass is 32.1. The fourth-order valence-corrected chi connectivity index (χ4v) is 2.91. The molecule has 1 fully saturated rings. The van der Waals surface area contributed by atoms with E-state index in [0.29, 0.717) is 16.6 Å². The van der Waals surface area contributed by atoms with Gasteiger partial charge < -0.3 is 26.6 Å². The van der Waals surface area contributed by atoms with Crippen molar-refractivity contribution in [2.24, 2.45) is 5.73 Å². The molecule has 1 unspecified atom stereocenters. The average Bonchev–Trinajstić information content (AvgIpc) is 3.01. The molecular formula is C12H20N6O2S. The molecule has 0 saturated carbocycles. The van der Waals surface area contributed by atoms with Gasteiger partial charge in [0.15, 0.2) is 5.13 Å². The monoisotopic (exact) mass is 312 g/mol. The van der Waals surface area contributed by atoms with E-state index in [0.717, 1.165) is 13.0 Å². The van der Waals surface area contributed by atoms with Gasteiger partial charge in [0, 0.05) is 33.2 Å². The highest BCUT2D eigenvalue weighted by Gasteiger charge is 2.25. The summed E-state index contributed by atoms with van der Waals surface area (Å²) in [4.78, 5) is 31.5. The molecule has 8 nitrogen and oxygen atoms in total. The van der Waals surface area contributed by atoms with E-state index in [1.165, 1.54) is 16.2 Å². The quantitative estimate of drug-likeness (QED) is 0.662. The molecule has 0 bridgehead atoms. The van der Waals surface area contributed by atoms with Crippen LogP contribution in [0, 0.1) is 0 Å². The Kier molecular flexibility index (Phi) is 4.63. The van der Waals surface area contributed by atoms with Crippen molar-refractivity contribution in [2.75, 3.05) is 44.4 Å². The highest BCUT2D eigenvalue weighted by molar-refractivity contribution is 7.18. The van der Waals surface area contributed by atoms with Gasteiger partial charge in [0.2, 0.25) is 5.91 Å². The van der Waals surface area contributed by atoms with Gasteiger partial charge in [-0.15, -0.1) is 0 Å². The summed E-state index contributed by atoms with van der Waals surface area (Å²) in [6.45, 7) is 1.47. The van der Waals surface area contributed by atoms with Crippen molar-refractivity contribution in [2.45, 2.75) is 12.5 Å². The fourth-order valence-electron chi connectivity index (χ4n) is 1.97. The molecule has 1 aromatic heterocycles. The van der Waals surface area contributed by atoms with Crippen molar-refractivity contribution in [1.29, 1.82) is 0 Å². The van der Waals surface area contributed by atoms with Crippen molar-refractivity contribution in [3.05, 3.63) is 4.88 Å². The molecule has 1 aliphatic heterocycles. The van der Waals surface area contributed by atoms with Crippen LogP contribution in [0.2, 0.25) is 0 Å². The Morgan fingerprint density at radius 3 is 2.81 bits per heavy atom. The molecule has 5 N–H and O–H groups in total. The third-order valence-corrected chi connectivity index (χ3v) is 4.37. The lowest BCUT2D eigenvalue weighted by Gasteiger charge is -2.12. The molecule has 2 heterocycles. The lowest BCUT2D eigenvalue weighted by atomic mass is 10.3. The van der Waals surface area contributed by atoms with Crippen LogP contribution in [-0.4, -0.2) is 61.5 Å². The summed E-state index contributed by atoms with van der Waals surface area (Å²) in [5.41, 5.74) is 11.7. The number of aromatic nitrogens is 1. The number of carbonyl (C=O) groups is 2. The Labute approximate surface area is 127 Å². The van der Waals surface area contributed by atoms with E-state index < -0.39 is 0 Å². The predicted molar refractivity (Wildman–Crippen MR) is 82.4 cm³/mol. The number of hydrogen-bond acceptors (Lipinski definition) is 7. The second kappa shape index (κ2) is 6.27. The Morgan fingerprint density at radius 2 is 2.24 bits per heavy atom. The van der Waals surface area contributed by atoms with E-state index in [1.807, 2.05) is 4.90 Å². The van der Waals surface area contributed by atoms with Crippen LogP contribution in [0.3, 0.4) is 0 Å². The maximum absolute atomic E-state index is 12.1. The number of likely N-dealkylation sites (N-methyl/N-ethyl adjacent to an activating group) is 1. The zero-order chi connectivity index (χ0) is 15.6. The molecule has 9 heteroatoms. The first-order chi connectivity index (χ1) is 9.88. The van der Waals surface area contributed by atoms with Gasteiger partial charge in [0.25, 0.3) is 5.91 Å². The van der Waals surface area contributed by atoms with Crippen LogP contribution in [0.15, 0.2) is 0 Å². The Morgan fingerprint density at radius 1 is 1.52 bits per heavy atom. The summed E-state index contributed by atoms with van der Waals surface area (Å²) < 4.78 is 0. The first-order valence-corrected chi connectivity index (χ1v) is 7.45. The largest absolute Gasteiger partial charge is 0.382 e. The van der Waals surface area contributed by atoms with Crippen LogP contribution in [0.5, 0.6) is 0 Å². The van der Waals surface area contributed by atoms with E-state index in [-0.39, 0.29) is 30.2 Å². The molecule has 0 spiro atoms. The minimum Gasteiger partial charge on any atom is -0.382 e. The van der Waals surface area contributed by atoms with Gasteiger partial charge in [-0.25, -0.2) is 4.98 Å². The molecule has 1 aliphatic rings. The standard InChI is InChI=1S/C12H20N6O2S/c1-17(2)8(19)5-15-11(20)9-10(14)16-12(21-9)18-4-3-7(13)6-18/h7H,3-6,13-14H2,1-2H3,(H,15,20). The highest BCUT2D eigenvalue weighted by Crippen LogP contribution is 2.30. The SMILES string of the molecule is CN(C)C(=O)CNC(=O)c1sc(N2CCC(N)C2)nc1N. The molecule has 21 heavy (non-hydrogen) atoms.